The van der Waals surface area contributed by atoms with Crippen molar-refractivity contribution in [2.45, 2.75) is 26.2 Å². The SMILES string of the molecule is CCNC(=NCCCCN1C(=O)c2ccccc2C1=O)N1CCC(CN2CCOCC2)C1. The van der Waals surface area contributed by atoms with Crippen LogP contribution in [-0.2, 0) is 4.74 Å². The minimum atomic E-state index is -0.175. The van der Waals surface area contributed by atoms with Gasteiger partial charge in [0.25, 0.3) is 11.8 Å². The number of nitrogens with zero attached hydrogens (tertiary/aromatic N) is 4. The number of aliphatic imine (C=N–C) groups is 1. The summed E-state index contributed by atoms with van der Waals surface area (Å²) in [5.41, 5.74) is 1.04. The molecule has 1 N–H and O–H groups in total. The first-order valence-corrected chi connectivity index (χ1v) is 12.0. The van der Waals surface area contributed by atoms with E-state index in [2.05, 4.69) is 22.0 Å². The molecular formula is C24H35N5O3. The molecule has 1 unspecified atom stereocenters. The smallest absolute Gasteiger partial charge is 0.261 e. The number of hydrogen-bond donors (Lipinski definition) is 1. The van der Waals surface area contributed by atoms with Gasteiger partial charge in [-0.05, 0) is 44.2 Å². The topological polar surface area (TPSA) is 77.5 Å². The van der Waals surface area contributed by atoms with Gasteiger partial charge < -0.3 is 15.0 Å². The molecule has 0 bridgehead atoms. The average molecular weight is 442 g/mol. The molecule has 4 rings (SSSR count). The van der Waals surface area contributed by atoms with Crippen molar-refractivity contribution >= 4 is 17.8 Å². The van der Waals surface area contributed by atoms with E-state index in [1.807, 2.05) is 0 Å². The number of fused-ring (bicyclic) bond motifs is 1. The number of guanidine groups is 1. The van der Waals surface area contributed by atoms with Gasteiger partial charge >= 0.3 is 0 Å². The van der Waals surface area contributed by atoms with Crippen LogP contribution in [0.4, 0.5) is 0 Å². The first-order valence-electron chi connectivity index (χ1n) is 12.0. The minimum Gasteiger partial charge on any atom is -0.379 e. The number of amides is 2. The van der Waals surface area contributed by atoms with Crippen LogP contribution >= 0.6 is 0 Å². The Balaban J connectivity index is 1.22. The summed E-state index contributed by atoms with van der Waals surface area (Å²) >= 11 is 0. The van der Waals surface area contributed by atoms with Crippen molar-refractivity contribution in [3.05, 3.63) is 35.4 Å². The second-order valence-corrected chi connectivity index (χ2v) is 8.76. The van der Waals surface area contributed by atoms with Gasteiger partial charge in [-0.25, -0.2) is 0 Å². The van der Waals surface area contributed by atoms with E-state index in [-0.39, 0.29) is 11.8 Å². The van der Waals surface area contributed by atoms with E-state index in [1.54, 1.807) is 24.3 Å². The highest BCUT2D eigenvalue weighted by Crippen LogP contribution is 2.23. The maximum Gasteiger partial charge on any atom is 0.261 e. The van der Waals surface area contributed by atoms with Gasteiger partial charge in [0.15, 0.2) is 5.96 Å². The predicted molar refractivity (Wildman–Crippen MR) is 124 cm³/mol. The molecule has 0 radical (unpaired) electrons. The van der Waals surface area contributed by atoms with Crippen molar-refractivity contribution in [1.82, 2.24) is 20.0 Å². The van der Waals surface area contributed by atoms with Crippen LogP contribution in [0.25, 0.3) is 0 Å². The average Bonchev–Trinajstić information content (AvgIpc) is 3.37. The van der Waals surface area contributed by atoms with Crippen LogP contribution in [0, 0.1) is 5.92 Å². The molecule has 0 spiro atoms. The van der Waals surface area contributed by atoms with Crippen molar-refractivity contribution in [2.24, 2.45) is 10.9 Å². The fraction of sp³-hybridized carbons (Fsp3) is 0.625. The summed E-state index contributed by atoms with van der Waals surface area (Å²) in [4.78, 5) is 36.0. The molecule has 8 nitrogen and oxygen atoms in total. The minimum absolute atomic E-state index is 0.175. The molecular weight excluding hydrogens is 406 g/mol. The molecule has 3 heterocycles. The van der Waals surface area contributed by atoms with Crippen molar-refractivity contribution in [3.63, 3.8) is 0 Å². The fourth-order valence-corrected chi connectivity index (χ4v) is 4.76. The molecule has 0 aliphatic carbocycles. The van der Waals surface area contributed by atoms with Gasteiger partial charge in [0.2, 0.25) is 0 Å². The molecule has 2 saturated heterocycles. The molecule has 2 amide bonds. The second-order valence-electron chi connectivity index (χ2n) is 8.76. The number of imide groups is 1. The van der Waals surface area contributed by atoms with Crippen molar-refractivity contribution in [3.8, 4) is 0 Å². The van der Waals surface area contributed by atoms with Crippen LogP contribution in [0.5, 0.6) is 0 Å². The predicted octanol–water partition coefficient (Wildman–Crippen LogP) is 1.68. The van der Waals surface area contributed by atoms with Crippen LogP contribution in [-0.4, -0.2) is 98.0 Å². The lowest BCUT2D eigenvalue weighted by molar-refractivity contribution is 0.0315. The molecule has 1 aromatic carbocycles. The molecule has 3 aliphatic heterocycles. The molecule has 32 heavy (non-hydrogen) atoms. The number of carbonyl (C=O) groups excluding carboxylic acids is 2. The number of benzene rings is 1. The van der Waals surface area contributed by atoms with E-state index in [4.69, 9.17) is 9.73 Å². The van der Waals surface area contributed by atoms with Crippen molar-refractivity contribution in [2.75, 3.05) is 65.6 Å². The van der Waals surface area contributed by atoms with Crippen LogP contribution in [0.3, 0.4) is 0 Å². The lowest BCUT2D eigenvalue weighted by Gasteiger charge is -2.29. The number of rotatable bonds is 8. The van der Waals surface area contributed by atoms with Gasteiger partial charge in [-0.3, -0.25) is 24.4 Å². The highest BCUT2D eigenvalue weighted by molar-refractivity contribution is 6.21. The molecule has 3 aliphatic rings. The van der Waals surface area contributed by atoms with Crippen LogP contribution in [0.1, 0.15) is 46.9 Å². The van der Waals surface area contributed by atoms with Gasteiger partial charge in [0, 0.05) is 52.4 Å². The first kappa shape index (κ1) is 22.7. The molecule has 0 saturated carbocycles. The molecule has 174 valence electrons. The third-order valence-electron chi connectivity index (χ3n) is 6.47. The van der Waals surface area contributed by atoms with Gasteiger partial charge in [-0.2, -0.15) is 0 Å². The monoisotopic (exact) mass is 441 g/mol. The highest BCUT2D eigenvalue weighted by Gasteiger charge is 2.34. The zero-order chi connectivity index (χ0) is 22.3. The Kier molecular flexibility index (Phi) is 7.76. The number of unbranched alkanes of at least 4 members (excludes halogenated alkanes) is 1. The maximum absolute atomic E-state index is 12.5. The summed E-state index contributed by atoms with van der Waals surface area (Å²) in [6.07, 6.45) is 2.79. The molecule has 2 fully saturated rings. The van der Waals surface area contributed by atoms with Gasteiger partial charge in [0.1, 0.15) is 0 Å². The lowest BCUT2D eigenvalue weighted by atomic mass is 10.1. The van der Waals surface area contributed by atoms with Crippen LogP contribution in [0.2, 0.25) is 0 Å². The molecule has 0 aromatic heterocycles. The molecule has 1 aromatic rings. The van der Waals surface area contributed by atoms with Crippen LogP contribution < -0.4 is 5.32 Å². The van der Waals surface area contributed by atoms with Gasteiger partial charge in [0.05, 0.1) is 24.3 Å². The summed E-state index contributed by atoms with van der Waals surface area (Å²) in [6.45, 7) is 11.1. The number of ether oxygens (including phenoxy) is 1. The van der Waals surface area contributed by atoms with Gasteiger partial charge in [-0.15, -0.1) is 0 Å². The lowest BCUT2D eigenvalue weighted by Crippen LogP contribution is -2.42. The highest BCUT2D eigenvalue weighted by atomic mass is 16.5. The Morgan fingerprint density at radius 2 is 1.81 bits per heavy atom. The van der Waals surface area contributed by atoms with E-state index >= 15 is 0 Å². The van der Waals surface area contributed by atoms with Crippen molar-refractivity contribution < 1.29 is 14.3 Å². The third kappa shape index (κ3) is 5.30. The number of nitrogens with one attached hydrogen (secondary N) is 1. The Bertz CT molecular complexity index is 802. The summed E-state index contributed by atoms with van der Waals surface area (Å²) in [6, 6.07) is 7.05. The van der Waals surface area contributed by atoms with Crippen molar-refractivity contribution in [1.29, 1.82) is 0 Å². The number of hydrogen-bond acceptors (Lipinski definition) is 5. The van der Waals surface area contributed by atoms with Crippen LogP contribution in [0.15, 0.2) is 29.3 Å². The van der Waals surface area contributed by atoms with E-state index in [0.29, 0.717) is 30.1 Å². The fourth-order valence-electron chi connectivity index (χ4n) is 4.76. The normalized spacial score (nSPS) is 22.0. The zero-order valence-electron chi connectivity index (χ0n) is 19.1. The largest absolute Gasteiger partial charge is 0.379 e. The Morgan fingerprint density at radius 1 is 1.09 bits per heavy atom. The Morgan fingerprint density at radius 3 is 2.50 bits per heavy atom. The Hall–Kier alpha value is -2.45. The molecule has 1 atom stereocenters. The summed E-state index contributed by atoms with van der Waals surface area (Å²) < 4.78 is 5.46. The quantitative estimate of drug-likeness (QED) is 0.286. The molecule has 8 heteroatoms. The third-order valence-corrected chi connectivity index (χ3v) is 6.47. The van der Waals surface area contributed by atoms with E-state index in [9.17, 15) is 9.59 Å². The standard InChI is InChI=1S/C24H35N5O3/c1-2-25-24(28-12-9-19(18-28)17-27-13-15-32-16-14-27)26-10-5-6-11-29-22(30)20-7-3-4-8-21(20)23(29)31/h3-4,7-8,19H,2,5-6,9-18H2,1H3,(H,25,26). The van der Waals surface area contributed by atoms with E-state index < -0.39 is 0 Å². The summed E-state index contributed by atoms with van der Waals surface area (Å²) in [5, 5.41) is 3.43. The van der Waals surface area contributed by atoms with E-state index in [0.717, 1.165) is 71.3 Å². The zero-order valence-corrected chi connectivity index (χ0v) is 19.1. The first-order chi connectivity index (χ1) is 15.7. The summed E-state index contributed by atoms with van der Waals surface area (Å²) in [5.74, 6) is 1.31. The number of carbonyl (C=O) groups is 2. The maximum atomic E-state index is 12.5. The number of morpholine rings is 1. The number of likely N-dealkylation sites (tertiary alicyclic amines) is 1. The van der Waals surface area contributed by atoms with Gasteiger partial charge in [-0.1, -0.05) is 12.1 Å². The summed E-state index contributed by atoms with van der Waals surface area (Å²) in [7, 11) is 0. The second kappa shape index (κ2) is 10.9. The Labute approximate surface area is 190 Å². The van der Waals surface area contributed by atoms with E-state index in [1.165, 1.54) is 11.3 Å².